The number of rotatable bonds is 6. The van der Waals surface area contributed by atoms with Crippen molar-refractivity contribution in [3.8, 4) is 11.4 Å². The Balaban J connectivity index is 2.00. The Kier molecular flexibility index (Phi) is 4.38. The fourth-order valence-corrected chi connectivity index (χ4v) is 1.53. The van der Waals surface area contributed by atoms with E-state index in [2.05, 4.69) is 20.4 Å². The van der Waals surface area contributed by atoms with Gasteiger partial charge in [-0.25, -0.2) is 0 Å². The molecule has 0 aliphatic rings. The number of aromatic nitrogens is 3. The van der Waals surface area contributed by atoms with Gasteiger partial charge >= 0.3 is 0 Å². The second-order valence-corrected chi connectivity index (χ2v) is 3.87. The van der Waals surface area contributed by atoms with E-state index in [-0.39, 0.29) is 0 Å². The van der Waals surface area contributed by atoms with Crippen LogP contribution >= 0.6 is 0 Å². The third-order valence-corrected chi connectivity index (χ3v) is 2.49. The van der Waals surface area contributed by atoms with Crippen molar-refractivity contribution in [3.05, 3.63) is 29.9 Å². The van der Waals surface area contributed by atoms with Gasteiger partial charge in [0.15, 0.2) is 0 Å². The number of hydrogen-bond acceptors (Lipinski definition) is 6. The Hall–Kier alpha value is -1.79. The normalized spacial score (nSPS) is 10.8. The summed E-state index contributed by atoms with van der Waals surface area (Å²) in [6.07, 6.45) is 3.50. The maximum Gasteiger partial charge on any atom is 0.240 e. The van der Waals surface area contributed by atoms with Gasteiger partial charge in [0.05, 0.1) is 13.2 Å². The maximum absolute atomic E-state index is 5.17. The number of nitrogens with one attached hydrogen (secondary N) is 1. The summed E-state index contributed by atoms with van der Waals surface area (Å²) in [4.78, 5) is 8.36. The first kappa shape index (κ1) is 12.7. The van der Waals surface area contributed by atoms with Crippen LogP contribution in [-0.4, -0.2) is 35.4 Å². The van der Waals surface area contributed by atoms with Crippen molar-refractivity contribution in [2.24, 2.45) is 0 Å². The number of hydrogen-bond donors (Lipinski definition) is 1. The van der Waals surface area contributed by atoms with Gasteiger partial charge in [0, 0.05) is 31.6 Å². The smallest absolute Gasteiger partial charge is 0.240 e. The van der Waals surface area contributed by atoms with E-state index >= 15 is 0 Å². The van der Waals surface area contributed by atoms with E-state index in [0.29, 0.717) is 24.9 Å². The van der Waals surface area contributed by atoms with Crippen LogP contribution in [-0.2, 0) is 11.3 Å². The number of methoxy groups -OCH3 is 1. The van der Waals surface area contributed by atoms with Crippen molar-refractivity contribution >= 4 is 0 Å². The van der Waals surface area contributed by atoms with Crippen molar-refractivity contribution in [3.63, 3.8) is 0 Å². The summed E-state index contributed by atoms with van der Waals surface area (Å²) in [6.45, 7) is 3.92. The molecule has 0 saturated carbocycles. The Bertz CT molecular complexity index is 498. The van der Waals surface area contributed by atoms with Crippen molar-refractivity contribution in [1.29, 1.82) is 0 Å². The summed E-state index contributed by atoms with van der Waals surface area (Å²) in [6, 6.07) is 1.88. The minimum absolute atomic E-state index is 0.542. The molecule has 2 aromatic rings. The molecule has 2 aromatic heterocycles. The van der Waals surface area contributed by atoms with Crippen molar-refractivity contribution in [2.75, 3.05) is 20.3 Å². The third-order valence-electron chi connectivity index (χ3n) is 2.49. The zero-order chi connectivity index (χ0) is 12.8. The van der Waals surface area contributed by atoms with Crippen LogP contribution in [0.3, 0.4) is 0 Å². The van der Waals surface area contributed by atoms with Gasteiger partial charge in [0.25, 0.3) is 0 Å². The van der Waals surface area contributed by atoms with Gasteiger partial charge in [-0.2, -0.15) is 4.98 Å². The largest absolute Gasteiger partial charge is 0.383 e. The molecular formula is C12H16N4O2. The topological polar surface area (TPSA) is 73.1 Å². The summed E-state index contributed by atoms with van der Waals surface area (Å²) in [5.41, 5.74) is 1.97. The van der Waals surface area contributed by atoms with E-state index in [9.17, 15) is 0 Å². The van der Waals surface area contributed by atoms with Gasteiger partial charge in [-0.05, 0) is 18.6 Å². The molecule has 0 aromatic carbocycles. The molecule has 0 amide bonds. The molecule has 0 radical (unpaired) electrons. The van der Waals surface area contributed by atoms with E-state index < -0.39 is 0 Å². The fourth-order valence-electron chi connectivity index (χ4n) is 1.53. The highest BCUT2D eigenvalue weighted by molar-refractivity contribution is 5.57. The first-order chi connectivity index (χ1) is 8.81. The van der Waals surface area contributed by atoms with Gasteiger partial charge in [-0.15, -0.1) is 0 Å². The van der Waals surface area contributed by atoms with Gasteiger partial charge in [0.2, 0.25) is 11.7 Å². The SMILES string of the molecule is COCCNCc1nc(-c2ccncc2C)no1. The molecule has 0 aliphatic heterocycles. The van der Waals surface area contributed by atoms with Crippen LogP contribution in [0.25, 0.3) is 11.4 Å². The highest BCUT2D eigenvalue weighted by Gasteiger charge is 2.10. The van der Waals surface area contributed by atoms with Crippen LogP contribution < -0.4 is 5.32 Å². The molecule has 0 unspecified atom stereocenters. The number of nitrogens with zero attached hydrogens (tertiary/aromatic N) is 3. The lowest BCUT2D eigenvalue weighted by Gasteiger charge is -1.99. The third kappa shape index (κ3) is 3.12. The lowest BCUT2D eigenvalue weighted by atomic mass is 10.1. The Morgan fingerprint density at radius 2 is 2.33 bits per heavy atom. The molecule has 0 aliphatic carbocycles. The fraction of sp³-hybridized carbons (Fsp3) is 0.417. The van der Waals surface area contributed by atoms with E-state index in [1.54, 1.807) is 19.5 Å². The molecule has 2 heterocycles. The van der Waals surface area contributed by atoms with Crippen LogP contribution in [0.15, 0.2) is 23.0 Å². The van der Waals surface area contributed by atoms with Gasteiger partial charge in [-0.3, -0.25) is 4.98 Å². The second-order valence-electron chi connectivity index (χ2n) is 3.87. The molecule has 18 heavy (non-hydrogen) atoms. The van der Waals surface area contributed by atoms with E-state index in [1.807, 2.05) is 13.0 Å². The summed E-state index contributed by atoms with van der Waals surface area (Å²) in [5, 5.41) is 7.11. The molecule has 2 rings (SSSR count). The molecular weight excluding hydrogens is 232 g/mol. The van der Waals surface area contributed by atoms with Gasteiger partial charge < -0.3 is 14.6 Å². The summed E-state index contributed by atoms with van der Waals surface area (Å²) in [7, 11) is 1.67. The molecule has 0 atom stereocenters. The molecule has 0 bridgehead atoms. The lowest BCUT2D eigenvalue weighted by Crippen LogP contribution is -2.18. The molecule has 6 nitrogen and oxygen atoms in total. The lowest BCUT2D eigenvalue weighted by molar-refractivity contribution is 0.197. The first-order valence-electron chi connectivity index (χ1n) is 5.74. The Morgan fingerprint density at radius 1 is 1.44 bits per heavy atom. The number of pyridine rings is 1. The van der Waals surface area contributed by atoms with E-state index in [4.69, 9.17) is 9.26 Å². The standard InChI is InChI=1S/C12H16N4O2/c1-9-7-13-4-3-10(9)12-15-11(18-16-12)8-14-5-6-17-2/h3-4,7,14H,5-6,8H2,1-2H3. The monoisotopic (exact) mass is 248 g/mol. The maximum atomic E-state index is 5.17. The van der Waals surface area contributed by atoms with Gasteiger partial charge in [0.1, 0.15) is 0 Å². The minimum atomic E-state index is 0.542. The zero-order valence-corrected chi connectivity index (χ0v) is 10.5. The zero-order valence-electron chi connectivity index (χ0n) is 10.5. The van der Waals surface area contributed by atoms with Crippen LogP contribution in [0.5, 0.6) is 0 Å². The quantitative estimate of drug-likeness (QED) is 0.774. The predicted octanol–water partition coefficient (Wildman–Crippen LogP) is 1.18. The van der Waals surface area contributed by atoms with Crippen LogP contribution in [0.1, 0.15) is 11.5 Å². The van der Waals surface area contributed by atoms with Crippen LogP contribution in [0.2, 0.25) is 0 Å². The van der Waals surface area contributed by atoms with Crippen molar-refractivity contribution < 1.29 is 9.26 Å². The highest BCUT2D eigenvalue weighted by Crippen LogP contribution is 2.18. The summed E-state index contributed by atoms with van der Waals surface area (Å²) < 4.78 is 10.1. The molecule has 0 spiro atoms. The molecule has 0 fully saturated rings. The second kappa shape index (κ2) is 6.23. The molecule has 0 saturated heterocycles. The predicted molar refractivity (Wildman–Crippen MR) is 65.8 cm³/mol. The highest BCUT2D eigenvalue weighted by atomic mass is 16.5. The summed E-state index contributed by atoms with van der Waals surface area (Å²) in [5.74, 6) is 1.16. The Labute approximate surface area is 105 Å². The number of aryl methyl sites for hydroxylation is 1. The molecule has 96 valence electrons. The van der Waals surface area contributed by atoms with Crippen LogP contribution in [0.4, 0.5) is 0 Å². The molecule has 6 heteroatoms. The average molecular weight is 248 g/mol. The average Bonchev–Trinajstić information content (AvgIpc) is 2.84. The van der Waals surface area contributed by atoms with Crippen molar-refractivity contribution in [1.82, 2.24) is 20.4 Å². The van der Waals surface area contributed by atoms with Crippen LogP contribution in [0, 0.1) is 6.92 Å². The summed E-state index contributed by atoms with van der Waals surface area (Å²) >= 11 is 0. The first-order valence-corrected chi connectivity index (χ1v) is 5.74. The van der Waals surface area contributed by atoms with Crippen molar-refractivity contribution in [2.45, 2.75) is 13.5 Å². The van der Waals surface area contributed by atoms with E-state index in [1.165, 1.54) is 0 Å². The Morgan fingerprint density at radius 3 is 3.11 bits per heavy atom. The minimum Gasteiger partial charge on any atom is -0.383 e. The van der Waals surface area contributed by atoms with Gasteiger partial charge in [-0.1, -0.05) is 5.16 Å². The molecule has 1 N–H and O–H groups in total. The number of ether oxygens (including phenoxy) is 1. The van der Waals surface area contributed by atoms with E-state index in [0.717, 1.165) is 17.7 Å².